The highest BCUT2D eigenvalue weighted by atomic mass is 19.4. The van der Waals surface area contributed by atoms with Crippen molar-refractivity contribution in [1.29, 1.82) is 0 Å². The monoisotopic (exact) mass is 388 g/mol. The molecular weight excluding hydrogens is 373 g/mol. The van der Waals surface area contributed by atoms with Gasteiger partial charge in [-0.15, -0.1) is 5.10 Å². The van der Waals surface area contributed by atoms with Gasteiger partial charge in [0.15, 0.2) is 11.5 Å². The van der Waals surface area contributed by atoms with Gasteiger partial charge < -0.3 is 15.2 Å². The van der Waals surface area contributed by atoms with Crippen LogP contribution in [0.15, 0.2) is 54.6 Å². The van der Waals surface area contributed by atoms with Crippen molar-refractivity contribution in [2.24, 2.45) is 0 Å². The highest BCUT2D eigenvalue weighted by molar-refractivity contribution is 5.77. The fraction of sp³-hybridized carbons (Fsp3) is 0.158. The number of phenolic OH excluding ortho intramolecular Hbond substituents is 1. The first-order chi connectivity index (χ1) is 13.4. The minimum atomic E-state index is -4.67. The predicted molar refractivity (Wildman–Crippen MR) is 95.9 cm³/mol. The number of methoxy groups -OCH3 is 1. The molecule has 0 bridgehead atoms. The van der Waals surface area contributed by atoms with Gasteiger partial charge in [-0.25, -0.2) is 4.68 Å². The Kier molecular flexibility index (Phi) is 4.21. The largest absolute Gasteiger partial charge is 0.504 e. The number of aromatic hydroxyl groups is 1. The predicted octanol–water partition coefficient (Wildman–Crippen LogP) is 4.07. The number of aromatic nitrogens is 3. The average molecular weight is 388 g/mol. The number of alkyl halides is 3. The van der Waals surface area contributed by atoms with Crippen LogP contribution in [0, 0.1) is 0 Å². The van der Waals surface area contributed by atoms with Crippen LogP contribution in [0.1, 0.15) is 23.0 Å². The number of anilines is 1. The maximum atomic E-state index is 13.2. The van der Waals surface area contributed by atoms with E-state index in [0.717, 1.165) is 5.56 Å². The van der Waals surface area contributed by atoms with E-state index in [-0.39, 0.29) is 17.4 Å². The highest BCUT2D eigenvalue weighted by Gasteiger charge is 2.39. The number of hydrogen-bond acceptors (Lipinski definition) is 5. The van der Waals surface area contributed by atoms with Crippen molar-refractivity contribution < 1.29 is 23.0 Å². The molecule has 9 heteroatoms. The van der Waals surface area contributed by atoms with Crippen molar-refractivity contribution in [2.45, 2.75) is 12.2 Å². The zero-order valence-electron chi connectivity index (χ0n) is 14.6. The molecule has 2 aromatic carbocycles. The topological polar surface area (TPSA) is 72.2 Å². The van der Waals surface area contributed by atoms with Gasteiger partial charge in [0.2, 0.25) is 5.95 Å². The molecular formula is C19H15F3N4O2. The van der Waals surface area contributed by atoms with Crippen LogP contribution in [0.3, 0.4) is 0 Å². The SMILES string of the molecule is COc1cc([C@H]2C=C(c3ccccc3)Nc3nc(C(F)(F)F)nn32)ccc1O. The molecule has 0 unspecified atom stereocenters. The lowest BCUT2D eigenvalue weighted by molar-refractivity contribution is -0.145. The Morgan fingerprint density at radius 2 is 1.89 bits per heavy atom. The van der Waals surface area contributed by atoms with Crippen molar-refractivity contribution in [3.8, 4) is 11.5 Å². The molecule has 0 saturated heterocycles. The molecule has 1 aromatic heterocycles. The number of allylic oxidation sites excluding steroid dienone is 1. The van der Waals surface area contributed by atoms with Crippen LogP contribution in [0.25, 0.3) is 5.70 Å². The molecule has 6 nitrogen and oxygen atoms in total. The zero-order chi connectivity index (χ0) is 19.9. The van der Waals surface area contributed by atoms with E-state index in [1.165, 1.54) is 17.9 Å². The van der Waals surface area contributed by atoms with Crippen molar-refractivity contribution >= 4 is 11.6 Å². The molecule has 2 N–H and O–H groups in total. The summed E-state index contributed by atoms with van der Waals surface area (Å²) >= 11 is 0. The fourth-order valence-corrected chi connectivity index (χ4v) is 3.01. The van der Waals surface area contributed by atoms with E-state index < -0.39 is 18.0 Å². The number of benzene rings is 2. The van der Waals surface area contributed by atoms with E-state index >= 15 is 0 Å². The quantitative estimate of drug-likeness (QED) is 0.708. The smallest absolute Gasteiger partial charge is 0.453 e. The second-order valence-corrected chi connectivity index (χ2v) is 6.15. The van der Waals surface area contributed by atoms with Crippen molar-refractivity contribution in [2.75, 3.05) is 12.4 Å². The van der Waals surface area contributed by atoms with Gasteiger partial charge in [-0.2, -0.15) is 18.2 Å². The molecule has 28 heavy (non-hydrogen) atoms. The number of ether oxygens (including phenoxy) is 1. The Labute approximate surface area is 157 Å². The van der Waals surface area contributed by atoms with Gasteiger partial charge in [-0.3, -0.25) is 0 Å². The van der Waals surface area contributed by atoms with Crippen LogP contribution in [-0.4, -0.2) is 27.0 Å². The first-order valence-corrected chi connectivity index (χ1v) is 8.31. The molecule has 1 aliphatic rings. The number of fused-ring (bicyclic) bond motifs is 1. The third-order valence-corrected chi connectivity index (χ3v) is 4.35. The molecule has 2 heterocycles. The number of rotatable bonds is 3. The van der Waals surface area contributed by atoms with Crippen LogP contribution >= 0.6 is 0 Å². The molecule has 1 atom stereocenters. The van der Waals surface area contributed by atoms with Crippen LogP contribution in [-0.2, 0) is 6.18 Å². The van der Waals surface area contributed by atoms with Crippen molar-refractivity contribution in [3.63, 3.8) is 0 Å². The molecule has 0 spiro atoms. The lowest BCUT2D eigenvalue weighted by atomic mass is 10.0. The summed E-state index contributed by atoms with van der Waals surface area (Å²) in [6, 6.07) is 13.1. The summed E-state index contributed by atoms with van der Waals surface area (Å²) in [4.78, 5) is 3.63. The van der Waals surface area contributed by atoms with Crippen LogP contribution in [0.4, 0.5) is 19.1 Å². The Balaban J connectivity index is 1.86. The van der Waals surface area contributed by atoms with Gasteiger partial charge in [-0.05, 0) is 29.3 Å². The minimum Gasteiger partial charge on any atom is -0.504 e. The maximum absolute atomic E-state index is 13.2. The van der Waals surface area contributed by atoms with Gasteiger partial charge in [-0.1, -0.05) is 36.4 Å². The molecule has 144 valence electrons. The third kappa shape index (κ3) is 3.15. The summed E-state index contributed by atoms with van der Waals surface area (Å²) in [5, 5.41) is 16.4. The lowest BCUT2D eigenvalue weighted by Crippen LogP contribution is -2.20. The minimum absolute atomic E-state index is 0.0225. The Morgan fingerprint density at radius 1 is 1.14 bits per heavy atom. The van der Waals surface area contributed by atoms with Crippen LogP contribution in [0.2, 0.25) is 0 Å². The standard InChI is InChI=1S/C19H15F3N4O2/c1-28-16-9-12(7-8-15(16)27)14-10-13(11-5-3-2-4-6-11)23-18-24-17(19(20,21)22)25-26(14)18/h2-10,14,27H,1H3,(H,23,24,25)/t14-/m1/s1. The Bertz CT molecular complexity index is 1050. The van der Waals surface area contributed by atoms with Gasteiger partial charge >= 0.3 is 6.18 Å². The van der Waals surface area contributed by atoms with Gasteiger partial charge in [0.05, 0.1) is 7.11 Å². The van der Waals surface area contributed by atoms with E-state index in [9.17, 15) is 18.3 Å². The molecule has 0 radical (unpaired) electrons. The van der Waals surface area contributed by atoms with Gasteiger partial charge in [0, 0.05) is 5.70 Å². The lowest BCUT2D eigenvalue weighted by Gasteiger charge is -2.24. The van der Waals surface area contributed by atoms with E-state index in [1.54, 1.807) is 18.2 Å². The number of halogens is 3. The summed E-state index contributed by atoms with van der Waals surface area (Å²) in [6.45, 7) is 0. The normalized spacial score (nSPS) is 16.1. The summed E-state index contributed by atoms with van der Waals surface area (Å²) in [5.74, 6) is -1.11. The summed E-state index contributed by atoms with van der Waals surface area (Å²) in [5.41, 5.74) is 1.98. The summed E-state index contributed by atoms with van der Waals surface area (Å²) in [6.07, 6.45) is -2.92. The number of nitrogens with one attached hydrogen (secondary N) is 1. The number of phenols is 1. The third-order valence-electron chi connectivity index (χ3n) is 4.35. The summed E-state index contributed by atoms with van der Waals surface area (Å²) in [7, 11) is 1.40. The van der Waals surface area contributed by atoms with Crippen LogP contribution < -0.4 is 10.1 Å². The Hall–Kier alpha value is -3.49. The van der Waals surface area contributed by atoms with Gasteiger partial charge in [0.1, 0.15) is 6.04 Å². The first-order valence-electron chi connectivity index (χ1n) is 8.31. The number of hydrogen-bond donors (Lipinski definition) is 2. The van der Waals surface area contributed by atoms with E-state index in [4.69, 9.17) is 4.74 Å². The molecule has 3 aromatic rings. The molecule has 0 amide bonds. The molecule has 4 rings (SSSR count). The Morgan fingerprint density at radius 3 is 2.57 bits per heavy atom. The van der Waals surface area contributed by atoms with Crippen molar-refractivity contribution in [3.05, 3.63) is 71.6 Å². The fourth-order valence-electron chi connectivity index (χ4n) is 3.01. The second-order valence-electron chi connectivity index (χ2n) is 6.15. The van der Waals surface area contributed by atoms with E-state index in [0.29, 0.717) is 11.3 Å². The van der Waals surface area contributed by atoms with Crippen LogP contribution in [0.5, 0.6) is 11.5 Å². The summed E-state index contributed by atoms with van der Waals surface area (Å²) < 4.78 is 45.8. The highest BCUT2D eigenvalue weighted by Crippen LogP contribution is 2.37. The maximum Gasteiger partial charge on any atom is 0.453 e. The van der Waals surface area contributed by atoms with Gasteiger partial charge in [0.25, 0.3) is 5.82 Å². The molecule has 0 saturated carbocycles. The number of nitrogens with zero attached hydrogens (tertiary/aromatic N) is 3. The second kappa shape index (κ2) is 6.59. The molecule has 0 aliphatic carbocycles. The first kappa shape index (κ1) is 17.9. The van der Waals surface area contributed by atoms with E-state index in [1.807, 2.05) is 30.3 Å². The molecule has 0 fully saturated rings. The average Bonchev–Trinajstić information content (AvgIpc) is 3.13. The van der Waals surface area contributed by atoms with Crippen molar-refractivity contribution in [1.82, 2.24) is 14.8 Å². The molecule has 1 aliphatic heterocycles. The van der Waals surface area contributed by atoms with E-state index in [2.05, 4.69) is 15.4 Å². The zero-order valence-corrected chi connectivity index (χ0v) is 14.6.